The van der Waals surface area contributed by atoms with Crippen molar-refractivity contribution in [1.82, 2.24) is 20.1 Å². The number of aromatic nitrogens is 3. The van der Waals surface area contributed by atoms with Crippen LogP contribution in [0, 0.1) is 5.92 Å². The number of hydrogen-bond donors (Lipinski definition) is 2. The van der Waals surface area contributed by atoms with E-state index >= 15 is 0 Å². The largest absolute Gasteiger partial charge is 0.496 e. The highest BCUT2D eigenvalue weighted by molar-refractivity contribution is 6.19. The number of amides is 1. The lowest BCUT2D eigenvalue weighted by Gasteiger charge is -2.45. The van der Waals surface area contributed by atoms with Gasteiger partial charge in [-0.2, -0.15) is 5.10 Å². The van der Waals surface area contributed by atoms with Gasteiger partial charge in [0, 0.05) is 49.0 Å². The molecule has 226 valence electrons. The number of ether oxygens (including phenoxy) is 3. The van der Waals surface area contributed by atoms with Crippen molar-refractivity contribution in [2.24, 2.45) is 18.7 Å². The molecule has 2 aliphatic heterocycles. The summed E-state index contributed by atoms with van der Waals surface area (Å²) in [4.78, 5) is 44.8. The second-order valence-electron chi connectivity index (χ2n) is 11.0. The van der Waals surface area contributed by atoms with Crippen LogP contribution in [0.4, 0.5) is 0 Å². The number of primary amides is 1. The minimum absolute atomic E-state index is 0.279. The summed E-state index contributed by atoms with van der Waals surface area (Å²) in [6.07, 6.45) is 5.90. The number of carbonyl (C=O) groups is 3. The SMILES string of the molecule is CCOc1cc(C(=O)[C@@H]2C(=O)c3cc(-c4ccc(C(N)=O)cn4)ccc3OC23CCNCC3)cc(OC)c1-c1cnn(C)c1. The molecule has 1 amide bonds. The zero-order valence-electron chi connectivity index (χ0n) is 24.8. The summed E-state index contributed by atoms with van der Waals surface area (Å²) in [6, 6.07) is 11.8. The number of piperidine rings is 1. The second kappa shape index (κ2) is 11.6. The van der Waals surface area contributed by atoms with Gasteiger partial charge in [0.15, 0.2) is 11.6 Å². The first kappa shape index (κ1) is 29.1. The van der Waals surface area contributed by atoms with Crippen molar-refractivity contribution >= 4 is 17.5 Å². The molecular formula is C33H33N5O6. The molecule has 0 aliphatic carbocycles. The van der Waals surface area contributed by atoms with Gasteiger partial charge < -0.3 is 25.3 Å². The molecule has 0 radical (unpaired) electrons. The summed E-state index contributed by atoms with van der Waals surface area (Å²) in [5, 5.41) is 7.59. The fourth-order valence-electron chi connectivity index (χ4n) is 6.12. The van der Waals surface area contributed by atoms with Crippen LogP contribution in [-0.4, -0.2) is 64.6 Å². The molecule has 6 rings (SSSR count). The maximum Gasteiger partial charge on any atom is 0.250 e. The summed E-state index contributed by atoms with van der Waals surface area (Å²) in [6.45, 7) is 3.43. The number of nitrogens with zero attached hydrogens (tertiary/aromatic N) is 3. The van der Waals surface area contributed by atoms with Crippen LogP contribution in [0.1, 0.15) is 50.8 Å². The number of fused-ring (bicyclic) bond motifs is 1. The molecule has 11 nitrogen and oxygen atoms in total. The Morgan fingerprint density at radius 3 is 2.48 bits per heavy atom. The number of pyridine rings is 1. The Hall–Kier alpha value is -5.03. The van der Waals surface area contributed by atoms with E-state index < -0.39 is 17.4 Å². The molecule has 2 aromatic heterocycles. The molecule has 44 heavy (non-hydrogen) atoms. The predicted molar refractivity (Wildman–Crippen MR) is 162 cm³/mol. The summed E-state index contributed by atoms with van der Waals surface area (Å²) >= 11 is 0. The molecule has 11 heteroatoms. The molecule has 1 spiro atoms. The maximum atomic E-state index is 14.5. The molecular weight excluding hydrogens is 562 g/mol. The topological polar surface area (TPSA) is 148 Å². The third-order valence-corrected chi connectivity index (χ3v) is 8.27. The van der Waals surface area contributed by atoms with E-state index in [0.29, 0.717) is 77.7 Å². The minimum Gasteiger partial charge on any atom is -0.496 e. The first-order valence-electron chi connectivity index (χ1n) is 14.5. The number of hydrogen-bond acceptors (Lipinski definition) is 9. The summed E-state index contributed by atoms with van der Waals surface area (Å²) < 4.78 is 20.0. The van der Waals surface area contributed by atoms with Gasteiger partial charge in [-0.3, -0.25) is 24.0 Å². The number of rotatable bonds is 8. The van der Waals surface area contributed by atoms with Crippen molar-refractivity contribution in [1.29, 1.82) is 0 Å². The molecule has 0 saturated carbocycles. The number of aryl methyl sites for hydroxylation is 1. The standard InChI is InChI=1S/C33H33N5O6/c1-4-43-27-15-21(14-26(42-3)28(27)22-17-37-38(2)18-22)30(39)29-31(40)23-13-19(24-7-5-20(16-36-24)32(34)41)6-8-25(23)44-33(29)9-11-35-12-10-33/h5-8,13-18,29,35H,4,9-12H2,1-3H3,(H2,34,41)/t29-/m1/s1. The van der Waals surface area contributed by atoms with Gasteiger partial charge in [0.25, 0.3) is 0 Å². The van der Waals surface area contributed by atoms with Gasteiger partial charge in [0.1, 0.15) is 28.8 Å². The average molecular weight is 596 g/mol. The van der Waals surface area contributed by atoms with Crippen molar-refractivity contribution < 1.29 is 28.6 Å². The van der Waals surface area contributed by atoms with Crippen molar-refractivity contribution in [2.75, 3.05) is 26.8 Å². The number of ketones is 2. The van der Waals surface area contributed by atoms with Crippen LogP contribution in [0.5, 0.6) is 17.2 Å². The van der Waals surface area contributed by atoms with Gasteiger partial charge in [-0.1, -0.05) is 0 Å². The molecule has 1 fully saturated rings. The smallest absolute Gasteiger partial charge is 0.250 e. The van der Waals surface area contributed by atoms with E-state index in [-0.39, 0.29) is 17.1 Å². The van der Waals surface area contributed by atoms with E-state index in [9.17, 15) is 14.4 Å². The monoisotopic (exact) mass is 595 g/mol. The van der Waals surface area contributed by atoms with E-state index in [1.165, 1.54) is 13.3 Å². The maximum absolute atomic E-state index is 14.5. The molecule has 2 aromatic carbocycles. The lowest BCUT2D eigenvalue weighted by molar-refractivity contribution is -0.0138. The Morgan fingerprint density at radius 2 is 1.84 bits per heavy atom. The van der Waals surface area contributed by atoms with Crippen LogP contribution < -0.4 is 25.3 Å². The quantitative estimate of drug-likeness (QED) is 0.229. The van der Waals surface area contributed by atoms with Gasteiger partial charge in [-0.25, -0.2) is 0 Å². The van der Waals surface area contributed by atoms with Crippen LogP contribution >= 0.6 is 0 Å². The van der Waals surface area contributed by atoms with Gasteiger partial charge in [0.2, 0.25) is 5.91 Å². The zero-order valence-corrected chi connectivity index (χ0v) is 24.8. The Balaban J connectivity index is 1.44. The molecule has 0 bridgehead atoms. The lowest BCUT2D eigenvalue weighted by Crippen LogP contribution is -2.58. The van der Waals surface area contributed by atoms with Crippen molar-refractivity contribution in [2.45, 2.75) is 25.4 Å². The number of nitrogens with two attached hydrogens (primary N) is 1. The van der Waals surface area contributed by atoms with E-state index in [1.54, 1.807) is 47.3 Å². The Labute approximate surface area is 254 Å². The summed E-state index contributed by atoms with van der Waals surface area (Å²) in [7, 11) is 3.35. The lowest BCUT2D eigenvalue weighted by atomic mass is 9.70. The molecule has 1 atom stereocenters. The molecule has 0 unspecified atom stereocenters. The van der Waals surface area contributed by atoms with Crippen molar-refractivity contribution in [3.05, 3.63) is 77.7 Å². The highest BCUT2D eigenvalue weighted by Crippen LogP contribution is 2.46. The first-order valence-corrected chi connectivity index (χ1v) is 14.5. The number of Topliss-reactive ketones (excluding diaryl/α,β-unsaturated/α-hetero) is 2. The fraction of sp³-hybridized carbons (Fsp3) is 0.303. The minimum atomic E-state index is -1.10. The Bertz CT molecular complexity index is 1760. The van der Waals surface area contributed by atoms with E-state index in [2.05, 4.69) is 15.4 Å². The van der Waals surface area contributed by atoms with Crippen LogP contribution in [0.2, 0.25) is 0 Å². The highest BCUT2D eigenvalue weighted by Gasteiger charge is 2.54. The Kier molecular flexibility index (Phi) is 7.64. The molecule has 3 N–H and O–H groups in total. The zero-order chi connectivity index (χ0) is 31.0. The van der Waals surface area contributed by atoms with E-state index in [1.807, 2.05) is 26.2 Å². The van der Waals surface area contributed by atoms with Crippen LogP contribution in [0.3, 0.4) is 0 Å². The van der Waals surface area contributed by atoms with Gasteiger partial charge in [-0.05, 0) is 62.5 Å². The second-order valence-corrected chi connectivity index (χ2v) is 11.0. The molecule has 2 aliphatic rings. The number of carbonyl (C=O) groups excluding carboxylic acids is 3. The third-order valence-electron chi connectivity index (χ3n) is 8.27. The van der Waals surface area contributed by atoms with Crippen LogP contribution in [0.15, 0.2) is 61.1 Å². The Morgan fingerprint density at radius 1 is 1.07 bits per heavy atom. The predicted octanol–water partition coefficient (Wildman–Crippen LogP) is 3.85. The molecule has 4 aromatic rings. The number of nitrogens with one attached hydrogen (secondary N) is 1. The molecule has 4 heterocycles. The summed E-state index contributed by atoms with van der Waals surface area (Å²) in [5.74, 6) is -1.04. The first-order chi connectivity index (χ1) is 21.2. The van der Waals surface area contributed by atoms with E-state index in [0.717, 1.165) is 5.56 Å². The third kappa shape index (κ3) is 5.09. The molecule has 1 saturated heterocycles. The van der Waals surface area contributed by atoms with Gasteiger partial charge in [-0.15, -0.1) is 0 Å². The number of benzene rings is 2. The highest BCUT2D eigenvalue weighted by atomic mass is 16.5. The average Bonchev–Trinajstić information content (AvgIpc) is 3.46. The van der Waals surface area contributed by atoms with Crippen LogP contribution in [-0.2, 0) is 7.05 Å². The fourth-order valence-corrected chi connectivity index (χ4v) is 6.12. The number of methoxy groups -OCH3 is 1. The van der Waals surface area contributed by atoms with Gasteiger partial charge >= 0.3 is 0 Å². The summed E-state index contributed by atoms with van der Waals surface area (Å²) in [5.41, 5.74) is 7.85. The van der Waals surface area contributed by atoms with Gasteiger partial charge in [0.05, 0.1) is 42.3 Å². The van der Waals surface area contributed by atoms with Crippen LogP contribution in [0.25, 0.3) is 22.4 Å². The normalized spacial score (nSPS) is 17.1. The van der Waals surface area contributed by atoms with Crippen molar-refractivity contribution in [3.63, 3.8) is 0 Å². The van der Waals surface area contributed by atoms with Crippen molar-refractivity contribution in [3.8, 4) is 39.6 Å². The van der Waals surface area contributed by atoms with E-state index in [4.69, 9.17) is 19.9 Å².